The maximum Gasteiger partial charge on any atom is 0.0963 e. The Bertz CT molecular complexity index is 384. The molecule has 0 radical (unpaired) electrons. The van der Waals surface area contributed by atoms with E-state index in [1.54, 1.807) is 11.3 Å². The Morgan fingerprint density at radius 3 is 2.79 bits per heavy atom. The van der Waals surface area contributed by atoms with Crippen LogP contribution in [0, 0.1) is 11.3 Å². The Balaban J connectivity index is 3.17. The molecule has 0 saturated heterocycles. The molecule has 0 N–H and O–H groups in total. The van der Waals surface area contributed by atoms with Gasteiger partial charge in [0.05, 0.1) is 11.1 Å². The third-order valence-electron chi connectivity index (χ3n) is 2.08. The summed E-state index contributed by atoms with van der Waals surface area (Å²) in [6.07, 6.45) is 1.65. The molecule has 0 amide bonds. The largest absolute Gasteiger partial charge is 0.193 e. The molecule has 0 bridgehead atoms. The number of halogens is 1. The van der Waals surface area contributed by atoms with Gasteiger partial charge in [-0.15, -0.1) is 11.3 Å². The van der Waals surface area contributed by atoms with Crippen molar-refractivity contribution in [2.45, 2.75) is 26.7 Å². The van der Waals surface area contributed by atoms with Gasteiger partial charge in [0, 0.05) is 10.5 Å². The van der Waals surface area contributed by atoms with Crippen LogP contribution in [-0.2, 0) is 6.42 Å². The van der Waals surface area contributed by atoms with Gasteiger partial charge in [0.15, 0.2) is 0 Å². The summed E-state index contributed by atoms with van der Waals surface area (Å²) in [5.41, 5.74) is 1.89. The molecule has 0 spiro atoms. The van der Waals surface area contributed by atoms with Crippen LogP contribution < -0.4 is 0 Å². The zero-order chi connectivity index (χ0) is 10.6. The van der Waals surface area contributed by atoms with Crippen LogP contribution in [0.25, 0.3) is 5.03 Å². The van der Waals surface area contributed by atoms with E-state index in [0.717, 1.165) is 11.3 Å². The van der Waals surface area contributed by atoms with Gasteiger partial charge < -0.3 is 0 Å². The minimum Gasteiger partial charge on any atom is -0.193 e. The first-order valence-electron chi connectivity index (χ1n) is 4.60. The van der Waals surface area contributed by atoms with Crippen LogP contribution in [0.2, 0.25) is 0 Å². The van der Waals surface area contributed by atoms with Gasteiger partial charge in [-0.05, 0) is 29.9 Å². The Hall–Kier alpha value is -0.780. The lowest BCUT2D eigenvalue weighted by Crippen LogP contribution is -1.85. The van der Waals surface area contributed by atoms with Gasteiger partial charge in [-0.2, -0.15) is 5.26 Å². The number of nitrogens with zero attached hydrogens (tertiary/aromatic N) is 1. The molecule has 74 valence electrons. The second-order valence-corrected chi connectivity index (χ2v) is 4.18. The Labute approximate surface area is 93.6 Å². The van der Waals surface area contributed by atoms with Crippen molar-refractivity contribution in [3.05, 3.63) is 27.5 Å². The van der Waals surface area contributed by atoms with E-state index >= 15 is 0 Å². The molecule has 1 nitrogen and oxygen atoms in total. The summed E-state index contributed by atoms with van der Waals surface area (Å²) in [7, 11) is 0. The Morgan fingerprint density at radius 1 is 1.57 bits per heavy atom. The molecule has 0 unspecified atom stereocenters. The standard InChI is InChI=1S/C11H12ClNS/c1-3-8-5-6-14-11(8)10(12)9(4-2)7-13/h5-6H,3-4H2,1-2H3. The summed E-state index contributed by atoms with van der Waals surface area (Å²) >= 11 is 7.77. The number of nitriles is 1. The van der Waals surface area contributed by atoms with Crippen LogP contribution in [-0.4, -0.2) is 0 Å². The highest BCUT2D eigenvalue weighted by molar-refractivity contribution is 7.12. The monoisotopic (exact) mass is 225 g/mol. The molecule has 3 heteroatoms. The highest BCUT2D eigenvalue weighted by Gasteiger charge is 2.10. The van der Waals surface area contributed by atoms with E-state index in [2.05, 4.69) is 19.1 Å². The third kappa shape index (κ3) is 2.17. The summed E-state index contributed by atoms with van der Waals surface area (Å²) in [5.74, 6) is 0. The average Bonchev–Trinajstić information content (AvgIpc) is 2.67. The predicted molar refractivity (Wildman–Crippen MR) is 62.4 cm³/mol. The molecule has 0 aliphatic rings. The van der Waals surface area contributed by atoms with Crippen molar-refractivity contribution in [3.8, 4) is 6.07 Å². The van der Waals surface area contributed by atoms with E-state index in [0.29, 0.717) is 17.0 Å². The SMILES string of the molecule is CCC(C#N)=C(Cl)c1sccc1CC. The first-order valence-corrected chi connectivity index (χ1v) is 5.85. The van der Waals surface area contributed by atoms with Gasteiger partial charge >= 0.3 is 0 Å². The van der Waals surface area contributed by atoms with Crippen molar-refractivity contribution in [1.29, 1.82) is 5.26 Å². The molecule has 1 aromatic heterocycles. The average molecular weight is 226 g/mol. The van der Waals surface area contributed by atoms with Gasteiger partial charge in [0.2, 0.25) is 0 Å². The number of aryl methyl sites for hydroxylation is 1. The molecular weight excluding hydrogens is 214 g/mol. The van der Waals surface area contributed by atoms with Crippen LogP contribution in [0.5, 0.6) is 0 Å². The molecule has 1 heterocycles. The van der Waals surface area contributed by atoms with Crippen molar-refractivity contribution >= 4 is 28.0 Å². The second kappa shape index (κ2) is 5.19. The summed E-state index contributed by atoms with van der Waals surface area (Å²) in [5, 5.41) is 11.5. The van der Waals surface area contributed by atoms with Crippen molar-refractivity contribution in [3.63, 3.8) is 0 Å². The normalized spacial score (nSPS) is 12.1. The number of hydrogen-bond donors (Lipinski definition) is 0. The van der Waals surface area contributed by atoms with Crippen molar-refractivity contribution in [2.24, 2.45) is 0 Å². The molecule has 0 aromatic carbocycles. The molecule has 0 fully saturated rings. The first-order chi connectivity index (χ1) is 6.74. The van der Waals surface area contributed by atoms with Gasteiger partial charge in [-0.3, -0.25) is 0 Å². The Morgan fingerprint density at radius 2 is 2.29 bits per heavy atom. The molecule has 0 aliphatic carbocycles. The van der Waals surface area contributed by atoms with E-state index < -0.39 is 0 Å². The minimum atomic E-state index is 0.627. The molecule has 0 aliphatic heterocycles. The number of allylic oxidation sites excluding steroid dienone is 1. The Kier molecular flexibility index (Phi) is 4.19. The fourth-order valence-corrected chi connectivity index (χ4v) is 2.62. The van der Waals surface area contributed by atoms with Crippen molar-refractivity contribution < 1.29 is 0 Å². The zero-order valence-corrected chi connectivity index (χ0v) is 9.87. The van der Waals surface area contributed by atoms with Crippen LogP contribution in [0.1, 0.15) is 30.7 Å². The van der Waals surface area contributed by atoms with E-state index in [9.17, 15) is 0 Å². The molecule has 1 aromatic rings. The first kappa shape index (κ1) is 11.3. The third-order valence-corrected chi connectivity index (χ3v) is 3.58. The lowest BCUT2D eigenvalue weighted by atomic mass is 10.1. The zero-order valence-electron chi connectivity index (χ0n) is 8.30. The smallest absolute Gasteiger partial charge is 0.0963 e. The minimum absolute atomic E-state index is 0.627. The molecule has 14 heavy (non-hydrogen) atoms. The summed E-state index contributed by atoms with van der Waals surface area (Å²) in [6, 6.07) is 4.21. The summed E-state index contributed by atoms with van der Waals surface area (Å²) < 4.78 is 0. The van der Waals surface area contributed by atoms with E-state index in [-0.39, 0.29) is 0 Å². The van der Waals surface area contributed by atoms with E-state index in [1.165, 1.54) is 5.56 Å². The highest BCUT2D eigenvalue weighted by Crippen LogP contribution is 2.32. The fraction of sp³-hybridized carbons (Fsp3) is 0.364. The molecular formula is C11H12ClNS. The van der Waals surface area contributed by atoms with Gasteiger partial charge in [0.25, 0.3) is 0 Å². The van der Waals surface area contributed by atoms with Gasteiger partial charge in [-0.25, -0.2) is 0 Å². The van der Waals surface area contributed by atoms with Crippen molar-refractivity contribution in [1.82, 2.24) is 0 Å². The fourth-order valence-electron chi connectivity index (χ4n) is 1.23. The molecule has 0 atom stereocenters. The topological polar surface area (TPSA) is 23.8 Å². The van der Waals surface area contributed by atoms with E-state index in [1.807, 2.05) is 12.3 Å². The molecule has 0 saturated carbocycles. The van der Waals surface area contributed by atoms with Crippen LogP contribution in [0.3, 0.4) is 0 Å². The quantitative estimate of drug-likeness (QED) is 0.708. The summed E-state index contributed by atoms with van der Waals surface area (Å²) in [6.45, 7) is 4.04. The van der Waals surface area contributed by atoms with Gasteiger partial charge in [0.1, 0.15) is 0 Å². The van der Waals surface area contributed by atoms with E-state index in [4.69, 9.17) is 16.9 Å². The maximum atomic E-state index is 8.87. The lowest BCUT2D eigenvalue weighted by molar-refractivity contribution is 1.14. The highest BCUT2D eigenvalue weighted by atomic mass is 35.5. The predicted octanol–water partition coefficient (Wildman–Crippen LogP) is 4.19. The lowest BCUT2D eigenvalue weighted by Gasteiger charge is -2.01. The van der Waals surface area contributed by atoms with Gasteiger partial charge in [-0.1, -0.05) is 25.4 Å². The maximum absolute atomic E-state index is 8.87. The van der Waals surface area contributed by atoms with Crippen LogP contribution >= 0.6 is 22.9 Å². The number of thiophene rings is 1. The van der Waals surface area contributed by atoms with Crippen LogP contribution in [0.15, 0.2) is 17.0 Å². The summed E-state index contributed by atoms with van der Waals surface area (Å²) in [4.78, 5) is 1.05. The molecule has 1 rings (SSSR count). The number of rotatable bonds is 3. The number of hydrogen-bond acceptors (Lipinski definition) is 2. The second-order valence-electron chi connectivity index (χ2n) is 2.89. The van der Waals surface area contributed by atoms with Crippen LogP contribution in [0.4, 0.5) is 0 Å². The van der Waals surface area contributed by atoms with Crippen molar-refractivity contribution in [2.75, 3.05) is 0 Å².